The number of piperidine rings is 1. The van der Waals surface area contributed by atoms with Crippen LogP contribution in [0.2, 0.25) is 0 Å². The van der Waals surface area contributed by atoms with Crippen molar-refractivity contribution in [3.8, 4) is 5.75 Å². The lowest BCUT2D eigenvalue weighted by atomic mass is 10.0. The van der Waals surface area contributed by atoms with Crippen LogP contribution >= 0.6 is 0 Å². The van der Waals surface area contributed by atoms with E-state index in [1.54, 1.807) is 24.3 Å². The van der Waals surface area contributed by atoms with Crippen LogP contribution in [0.1, 0.15) is 78.5 Å². The fourth-order valence-corrected chi connectivity index (χ4v) is 3.83. The van der Waals surface area contributed by atoms with E-state index in [9.17, 15) is 4.79 Å². The fraction of sp³-hybridized carbons (Fsp3) is 0.435. The smallest absolute Gasteiger partial charge is 0.293 e. The molecule has 4 rings (SSSR count). The Morgan fingerprint density at radius 1 is 1.30 bits per heavy atom. The van der Waals surface area contributed by atoms with E-state index in [1.165, 1.54) is 0 Å². The molecule has 7 nitrogen and oxygen atoms in total. The van der Waals surface area contributed by atoms with E-state index in [0.717, 1.165) is 42.0 Å². The quantitative estimate of drug-likeness (QED) is 0.584. The molecule has 1 aliphatic rings. The highest BCUT2D eigenvalue weighted by Crippen LogP contribution is 2.33. The van der Waals surface area contributed by atoms with E-state index in [0.29, 0.717) is 18.9 Å². The fourth-order valence-electron chi connectivity index (χ4n) is 3.83. The Labute approximate surface area is 176 Å². The molecule has 1 aromatic carbocycles. The Balaban J connectivity index is 1.53. The van der Waals surface area contributed by atoms with Gasteiger partial charge in [0.15, 0.2) is 0 Å². The number of likely N-dealkylation sites (tertiary alicyclic amines) is 1. The highest BCUT2D eigenvalue weighted by atomic mass is 16.5. The Hall–Kier alpha value is -3.09. The maximum atomic E-state index is 13.1. The molecule has 0 saturated carbocycles. The first-order valence-electron chi connectivity index (χ1n) is 10.4. The number of aromatic nitrogens is 2. The molecule has 0 radical (unpaired) electrons. The van der Waals surface area contributed by atoms with Gasteiger partial charge in [0.1, 0.15) is 17.6 Å². The van der Waals surface area contributed by atoms with Crippen molar-refractivity contribution in [2.75, 3.05) is 13.7 Å². The summed E-state index contributed by atoms with van der Waals surface area (Å²) in [6, 6.07) is 9.38. The second kappa shape index (κ2) is 8.73. The van der Waals surface area contributed by atoms with Crippen molar-refractivity contribution in [2.24, 2.45) is 0 Å². The molecule has 1 saturated heterocycles. The number of methoxy groups -OCH3 is 1. The van der Waals surface area contributed by atoms with Gasteiger partial charge in [-0.15, -0.1) is 0 Å². The van der Waals surface area contributed by atoms with Gasteiger partial charge in [0.2, 0.25) is 11.7 Å². The molecule has 0 unspecified atom stereocenters. The van der Waals surface area contributed by atoms with Crippen LogP contribution in [0, 0.1) is 0 Å². The van der Waals surface area contributed by atoms with Crippen LogP contribution in [0.15, 0.2) is 45.5 Å². The van der Waals surface area contributed by atoms with Gasteiger partial charge in [0.25, 0.3) is 5.91 Å². The van der Waals surface area contributed by atoms with Gasteiger partial charge in [-0.3, -0.25) is 4.79 Å². The lowest BCUT2D eigenvalue weighted by Gasteiger charge is -2.32. The van der Waals surface area contributed by atoms with Gasteiger partial charge in [-0.25, -0.2) is 4.98 Å². The predicted octanol–water partition coefficient (Wildman–Crippen LogP) is 4.75. The molecule has 1 amide bonds. The third kappa shape index (κ3) is 4.10. The van der Waals surface area contributed by atoms with Crippen LogP contribution in [-0.4, -0.2) is 34.6 Å². The molecule has 3 heterocycles. The van der Waals surface area contributed by atoms with Crippen LogP contribution < -0.4 is 4.74 Å². The summed E-state index contributed by atoms with van der Waals surface area (Å²) in [5, 5.41) is 4.02. The molecule has 0 spiro atoms. The summed E-state index contributed by atoms with van der Waals surface area (Å²) in [5.74, 6) is 2.44. The topological polar surface area (TPSA) is 81.6 Å². The first kappa shape index (κ1) is 20.2. The average molecular weight is 409 g/mol. The summed E-state index contributed by atoms with van der Waals surface area (Å²) in [7, 11) is 1.66. The molecule has 3 aromatic rings. The summed E-state index contributed by atoms with van der Waals surface area (Å²) in [6.07, 6.45) is 5.10. The predicted molar refractivity (Wildman–Crippen MR) is 111 cm³/mol. The zero-order valence-corrected chi connectivity index (χ0v) is 17.6. The average Bonchev–Trinajstić information content (AvgIpc) is 3.44. The van der Waals surface area contributed by atoms with Crippen molar-refractivity contribution in [1.29, 1.82) is 0 Å². The molecule has 1 aliphatic heterocycles. The van der Waals surface area contributed by atoms with E-state index in [4.69, 9.17) is 13.7 Å². The minimum Gasteiger partial charge on any atom is -0.496 e. The van der Waals surface area contributed by atoms with Gasteiger partial charge in [0.05, 0.1) is 19.0 Å². The highest BCUT2D eigenvalue weighted by molar-refractivity contribution is 5.91. The van der Waals surface area contributed by atoms with Crippen LogP contribution in [0.4, 0.5) is 0 Å². The number of hydrogen-bond donors (Lipinski definition) is 0. The molecule has 7 heteroatoms. The van der Waals surface area contributed by atoms with Crippen molar-refractivity contribution < 1.29 is 18.5 Å². The highest BCUT2D eigenvalue weighted by Gasteiger charge is 2.34. The van der Waals surface area contributed by atoms with Crippen molar-refractivity contribution in [1.82, 2.24) is 15.0 Å². The van der Waals surface area contributed by atoms with Gasteiger partial charge >= 0.3 is 0 Å². The summed E-state index contributed by atoms with van der Waals surface area (Å²) in [6.45, 7) is 4.68. The van der Waals surface area contributed by atoms with E-state index in [1.807, 2.05) is 38.1 Å². The number of ether oxygens (including phenoxy) is 1. The van der Waals surface area contributed by atoms with Gasteiger partial charge < -0.3 is 18.6 Å². The summed E-state index contributed by atoms with van der Waals surface area (Å²) >= 11 is 0. The number of amides is 1. The van der Waals surface area contributed by atoms with E-state index in [2.05, 4.69) is 10.1 Å². The SMILES string of the molecule is COc1ccccc1Cc1cnc([C@H]2CCCCN2C(=O)c2cc(C(C)C)no2)o1. The van der Waals surface area contributed by atoms with Gasteiger partial charge in [0, 0.05) is 24.6 Å². The minimum absolute atomic E-state index is 0.163. The molecule has 1 atom stereocenters. The summed E-state index contributed by atoms with van der Waals surface area (Å²) in [4.78, 5) is 19.4. The van der Waals surface area contributed by atoms with E-state index < -0.39 is 0 Å². The summed E-state index contributed by atoms with van der Waals surface area (Å²) in [5.41, 5.74) is 1.81. The Morgan fingerprint density at radius 2 is 2.13 bits per heavy atom. The van der Waals surface area contributed by atoms with Crippen molar-refractivity contribution in [3.63, 3.8) is 0 Å². The van der Waals surface area contributed by atoms with Crippen molar-refractivity contribution >= 4 is 5.91 Å². The van der Waals surface area contributed by atoms with E-state index in [-0.39, 0.29) is 23.6 Å². The molecular weight excluding hydrogens is 382 g/mol. The first-order chi connectivity index (χ1) is 14.6. The molecule has 0 bridgehead atoms. The lowest BCUT2D eigenvalue weighted by molar-refractivity contribution is 0.0528. The number of para-hydroxylation sites is 1. The molecule has 0 aliphatic carbocycles. The lowest BCUT2D eigenvalue weighted by Crippen LogP contribution is -2.38. The van der Waals surface area contributed by atoms with Crippen LogP contribution in [0.25, 0.3) is 0 Å². The third-order valence-electron chi connectivity index (χ3n) is 5.51. The molecule has 2 aromatic heterocycles. The van der Waals surface area contributed by atoms with Crippen molar-refractivity contribution in [3.05, 3.63) is 65.2 Å². The standard InChI is InChI=1S/C23H27N3O4/c1-15(2)18-13-21(30-25-18)23(27)26-11-7-6-9-19(26)22-24-14-17(29-22)12-16-8-4-5-10-20(16)28-3/h4-5,8,10,13-15,19H,6-7,9,11-12H2,1-3H3/t19-/m1/s1. The number of carbonyl (C=O) groups is 1. The molecule has 30 heavy (non-hydrogen) atoms. The van der Waals surface area contributed by atoms with Gasteiger partial charge in [-0.05, 0) is 31.2 Å². The Kier molecular flexibility index (Phi) is 5.88. The normalized spacial score (nSPS) is 16.8. The molecule has 158 valence electrons. The third-order valence-corrected chi connectivity index (χ3v) is 5.51. The van der Waals surface area contributed by atoms with E-state index >= 15 is 0 Å². The maximum absolute atomic E-state index is 13.1. The molecule has 0 N–H and O–H groups in total. The molecular formula is C23H27N3O4. The second-order valence-corrected chi connectivity index (χ2v) is 7.93. The number of rotatable bonds is 6. The van der Waals surface area contributed by atoms with Gasteiger partial charge in [-0.1, -0.05) is 37.2 Å². The summed E-state index contributed by atoms with van der Waals surface area (Å²) < 4.78 is 16.8. The van der Waals surface area contributed by atoms with Crippen LogP contribution in [0.3, 0.4) is 0 Å². The van der Waals surface area contributed by atoms with Crippen molar-refractivity contribution in [2.45, 2.75) is 51.5 Å². The van der Waals surface area contributed by atoms with Crippen LogP contribution in [-0.2, 0) is 6.42 Å². The van der Waals surface area contributed by atoms with Crippen LogP contribution in [0.5, 0.6) is 5.75 Å². The number of carbonyl (C=O) groups excluding carboxylic acids is 1. The number of oxazole rings is 1. The largest absolute Gasteiger partial charge is 0.496 e. The second-order valence-electron chi connectivity index (χ2n) is 7.93. The number of nitrogens with zero attached hydrogens (tertiary/aromatic N) is 3. The zero-order chi connectivity index (χ0) is 21.1. The van der Waals surface area contributed by atoms with Gasteiger partial charge in [-0.2, -0.15) is 0 Å². The maximum Gasteiger partial charge on any atom is 0.293 e. The number of hydrogen-bond acceptors (Lipinski definition) is 6. The number of benzene rings is 1. The first-order valence-corrected chi connectivity index (χ1v) is 10.4. The Morgan fingerprint density at radius 3 is 2.90 bits per heavy atom. The minimum atomic E-state index is -0.203. The Bertz CT molecular complexity index is 1010. The molecule has 1 fully saturated rings. The zero-order valence-electron chi connectivity index (χ0n) is 17.6. The monoisotopic (exact) mass is 409 g/mol.